The lowest BCUT2D eigenvalue weighted by atomic mass is 10.1. The topological polar surface area (TPSA) is 42.4 Å². The van der Waals surface area contributed by atoms with Gasteiger partial charge >= 0.3 is 0 Å². The van der Waals surface area contributed by atoms with Crippen LogP contribution in [0.25, 0.3) is 0 Å². The van der Waals surface area contributed by atoms with E-state index in [-0.39, 0.29) is 11.9 Å². The number of rotatable bonds is 5. The summed E-state index contributed by atoms with van der Waals surface area (Å²) in [6, 6.07) is 7.79. The Kier molecular flexibility index (Phi) is 4.96. The summed E-state index contributed by atoms with van der Waals surface area (Å²) in [5, 5.41) is 2.72. The number of carbonyl (C=O) groups excluding carboxylic acids is 1. The van der Waals surface area contributed by atoms with E-state index in [4.69, 9.17) is 4.74 Å². The third-order valence-electron chi connectivity index (χ3n) is 3.48. The van der Waals surface area contributed by atoms with E-state index >= 15 is 0 Å². The second-order valence-electron chi connectivity index (χ2n) is 4.80. The molecule has 0 spiro atoms. The largest absolute Gasteiger partial charge is 0.497 e. The van der Waals surface area contributed by atoms with Crippen LogP contribution in [0.15, 0.2) is 29.6 Å². The smallest absolute Gasteiger partial charge is 0.273 e. The lowest BCUT2D eigenvalue weighted by Gasteiger charge is -2.28. The van der Waals surface area contributed by atoms with Gasteiger partial charge in [-0.3, -0.25) is 4.79 Å². The Bertz CT molecular complexity index is 624. The zero-order valence-corrected chi connectivity index (χ0v) is 13.6. The number of ether oxygens (including phenoxy) is 1. The monoisotopic (exact) mass is 304 g/mol. The standard InChI is InChI=1S/C16H20N2O2S/c1-5-18(16(19)15-10-21-12(3)17-15)11(2)13-7-6-8-14(9-13)20-4/h6-11H,5H2,1-4H3. The Morgan fingerprint density at radius 3 is 2.81 bits per heavy atom. The third kappa shape index (κ3) is 3.42. The number of nitrogens with zero attached hydrogens (tertiary/aromatic N) is 2. The number of methoxy groups -OCH3 is 1. The highest BCUT2D eigenvalue weighted by molar-refractivity contribution is 7.09. The summed E-state index contributed by atoms with van der Waals surface area (Å²) in [6.45, 7) is 6.54. The number of aryl methyl sites for hydroxylation is 1. The van der Waals surface area contributed by atoms with Crippen LogP contribution in [0.5, 0.6) is 5.75 Å². The van der Waals surface area contributed by atoms with Crippen molar-refractivity contribution in [3.8, 4) is 5.75 Å². The Hall–Kier alpha value is -1.88. The molecule has 21 heavy (non-hydrogen) atoms. The second-order valence-corrected chi connectivity index (χ2v) is 5.86. The molecule has 0 aliphatic heterocycles. The van der Waals surface area contributed by atoms with Crippen LogP contribution in [-0.2, 0) is 0 Å². The number of carbonyl (C=O) groups is 1. The van der Waals surface area contributed by atoms with Crippen LogP contribution < -0.4 is 4.74 Å². The summed E-state index contributed by atoms with van der Waals surface area (Å²) >= 11 is 1.50. The summed E-state index contributed by atoms with van der Waals surface area (Å²) in [4.78, 5) is 18.7. The fourth-order valence-corrected chi connectivity index (χ4v) is 2.87. The van der Waals surface area contributed by atoms with Crippen molar-refractivity contribution in [2.75, 3.05) is 13.7 Å². The van der Waals surface area contributed by atoms with Crippen LogP contribution >= 0.6 is 11.3 Å². The molecule has 5 heteroatoms. The van der Waals surface area contributed by atoms with Crippen molar-refractivity contribution < 1.29 is 9.53 Å². The molecule has 2 rings (SSSR count). The van der Waals surface area contributed by atoms with E-state index in [1.807, 2.05) is 55.3 Å². The van der Waals surface area contributed by atoms with E-state index in [0.29, 0.717) is 12.2 Å². The van der Waals surface area contributed by atoms with Crippen molar-refractivity contribution in [2.24, 2.45) is 0 Å². The van der Waals surface area contributed by atoms with Crippen LogP contribution in [0.3, 0.4) is 0 Å². The van der Waals surface area contributed by atoms with Crippen LogP contribution in [0.4, 0.5) is 0 Å². The number of hydrogen-bond donors (Lipinski definition) is 0. The van der Waals surface area contributed by atoms with Gasteiger partial charge in [-0.2, -0.15) is 0 Å². The molecule has 1 unspecified atom stereocenters. The van der Waals surface area contributed by atoms with Gasteiger partial charge in [0.15, 0.2) is 0 Å². The molecule has 0 radical (unpaired) electrons. The van der Waals surface area contributed by atoms with Crippen molar-refractivity contribution in [2.45, 2.75) is 26.8 Å². The summed E-state index contributed by atoms with van der Waals surface area (Å²) in [6.07, 6.45) is 0. The maximum Gasteiger partial charge on any atom is 0.273 e. The molecule has 2 aromatic rings. The Balaban J connectivity index is 2.25. The fraction of sp³-hybridized carbons (Fsp3) is 0.375. The molecule has 1 atom stereocenters. The molecule has 112 valence electrons. The first kappa shape index (κ1) is 15.5. The van der Waals surface area contributed by atoms with Gasteiger partial charge in [0, 0.05) is 11.9 Å². The summed E-state index contributed by atoms with van der Waals surface area (Å²) in [5.41, 5.74) is 1.57. The minimum absolute atomic E-state index is 0.0281. The van der Waals surface area contributed by atoms with Gasteiger partial charge in [-0.05, 0) is 38.5 Å². The highest BCUT2D eigenvalue weighted by atomic mass is 32.1. The van der Waals surface area contributed by atoms with E-state index in [1.54, 1.807) is 7.11 Å². The Morgan fingerprint density at radius 2 is 2.24 bits per heavy atom. The van der Waals surface area contributed by atoms with E-state index in [2.05, 4.69) is 4.98 Å². The molecule has 1 aromatic carbocycles. The molecular formula is C16H20N2O2S. The van der Waals surface area contributed by atoms with E-state index < -0.39 is 0 Å². The fourth-order valence-electron chi connectivity index (χ4n) is 2.28. The molecule has 0 bridgehead atoms. The molecule has 1 amide bonds. The van der Waals surface area contributed by atoms with Crippen LogP contribution in [-0.4, -0.2) is 29.4 Å². The van der Waals surface area contributed by atoms with Gasteiger partial charge in [0.1, 0.15) is 11.4 Å². The Labute approximate surface area is 129 Å². The number of aromatic nitrogens is 1. The predicted molar refractivity (Wildman–Crippen MR) is 85.0 cm³/mol. The number of benzene rings is 1. The average Bonchev–Trinajstić information content (AvgIpc) is 2.94. The zero-order valence-electron chi connectivity index (χ0n) is 12.8. The average molecular weight is 304 g/mol. The van der Waals surface area contributed by atoms with Crippen molar-refractivity contribution in [1.29, 1.82) is 0 Å². The number of amides is 1. The molecule has 0 saturated heterocycles. The van der Waals surface area contributed by atoms with Crippen molar-refractivity contribution in [3.05, 3.63) is 45.9 Å². The minimum Gasteiger partial charge on any atom is -0.497 e. The van der Waals surface area contributed by atoms with Crippen molar-refractivity contribution in [1.82, 2.24) is 9.88 Å². The lowest BCUT2D eigenvalue weighted by molar-refractivity contribution is 0.0696. The molecule has 0 saturated carbocycles. The summed E-state index contributed by atoms with van der Waals surface area (Å²) in [5.74, 6) is 0.768. The summed E-state index contributed by atoms with van der Waals surface area (Å²) in [7, 11) is 1.64. The second kappa shape index (κ2) is 6.72. The van der Waals surface area contributed by atoms with Gasteiger partial charge in [-0.25, -0.2) is 4.98 Å². The molecule has 0 fully saturated rings. The first-order valence-corrected chi connectivity index (χ1v) is 7.81. The first-order chi connectivity index (χ1) is 10.1. The van der Waals surface area contributed by atoms with Gasteiger partial charge in [-0.15, -0.1) is 11.3 Å². The van der Waals surface area contributed by atoms with E-state index in [0.717, 1.165) is 16.3 Å². The molecule has 0 aliphatic rings. The van der Waals surface area contributed by atoms with Gasteiger partial charge in [0.05, 0.1) is 18.2 Å². The van der Waals surface area contributed by atoms with E-state index in [1.165, 1.54) is 11.3 Å². The third-order valence-corrected chi connectivity index (χ3v) is 4.26. The molecule has 0 N–H and O–H groups in total. The highest BCUT2D eigenvalue weighted by Gasteiger charge is 2.23. The van der Waals surface area contributed by atoms with Gasteiger partial charge in [0.2, 0.25) is 0 Å². The molecule has 1 aromatic heterocycles. The molecule has 0 aliphatic carbocycles. The van der Waals surface area contributed by atoms with Crippen molar-refractivity contribution >= 4 is 17.2 Å². The van der Waals surface area contributed by atoms with E-state index in [9.17, 15) is 4.79 Å². The quantitative estimate of drug-likeness (QED) is 0.846. The predicted octanol–water partition coefficient (Wildman–Crippen LogP) is 3.68. The number of hydrogen-bond acceptors (Lipinski definition) is 4. The Morgan fingerprint density at radius 1 is 1.48 bits per heavy atom. The maximum absolute atomic E-state index is 12.6. The van der Waals surface area contributed by atoms with Gasteiger partial charge in [-0.1, -0.05) is 12.1 Å². The SMILES string of the molecule is CCN(C(=O)c1csc(C)n1)C(C)c1cccc(OC)c1. The minimum atomic E-state index is -0.0304. The van der Waals surface area contributed by atoms with Crippen LogP contribution in [0.1, 0.15) is 40.9 Å². The van der Waals surface area contributed by atoms with Gasteiger partial charge < -0.3 is 9.64 Å². The van der Waals surface area contributed by atoms with Crippen LogP contribution in [0, 0.1) is 6.92 Å². The summed E-state index contributed by atoms with van der Waals surface area (Å²) < 4.78 is 5.25. The molecular weight excluding hydrogens is 284 g/mol. The maximum atomic E-state index is 12.6. The molecule has 1 heterocycles. The number of thiazole rings is 1. The first-order valence-electron chi connectivity index (χ1n) is 6.93. The highest BCUT2D eigenvalue weighted by Crippen LogP contribution is 2.25. The lowest BCUT2D eigenvalue weighted by Crippen LogP contribution is -2.33. The zero-order chi connectivity index (χ0) is 15.4. The van der Waals surface area contributed by atoms with Gasteiger partial charge in [0.25, 0.3) is 5.91 Å². The van der Waals surface area contributed by atoms with Crippen LogP contribution in [0.2, 0.25) is 0 Å². The normalized spacial score (nSPS) is 12.0. The van der Waals surface area contributed by atoms with Crippen molar-refractivity contribution in [3.63, 3.8) is 0 Å². The molecule has 4 nitrogen and oxygen atoms in total.